The molecule has 0 spiro atoms. The SMILES string of the molecule is C[C@H](C(=O)NCc1ccc2c(N)ncnc2c1)C(CCc1ccccc1)C(N)=O.Cl.Cl. The number of nitrogens with two attached hydrogens (primary N) is 2. The molecule has 3 aromatic rings. The summed E-state index contributed by atoms with van der Waals surface area (Å²) in [6.45, 7) is 2.07. The number of nitrogens with zero attached hydrogens (tertiary/aromatic N) is 2. The number of carbonyl (C=O) groups excluding carboxylic acids is 2. The number of fused-ring (bicyclic) bond motifs is 1. The van der Waals surface area contributed by atoms with Gasteiger partial charge < -0.3 is 16.8 Å². The van der Waals surface area contributed by atoms with Gasteiger partial charge in [0.15, 0.2) is 0 Å². The van der Waals surface area contributed by atoms with Crippen LogP contribution >= 0.6 is 24.8 Å². The van der Waals surface area contributed by atoms with Crippen molar-refractivity contribution < 1.29 is 9.59 Å². The molecule has 166 valence electrons. The van der Waals surface area contributed by atoms with Crippen LogP contribution in [0.25, 0.3) is 10.9 Å². The van der Waals surface area contributed by atoms with E-state index in [2.05, 4.69) is 15.3 Å². The maximum absolute atomic E-state index is 12.6. The first-order valence-corrected chi connectivity index (χ1v) is 9.55. The summed E-state index contributed by atoms with van der Waals surface area (Å²) < 4.78 is 0. The molecule has 9 heteroatoms. The summed E-state index contributed by atoms with van der Waals surface area (Å²) in [6.07, 6.45) is 2.63. The molecule has 1 unspecified atom stereocenters. The molecule has 0 radical (unpaired) electrons. The smallest absolute Gasteiger partial charge is 0.223 e. The minimum atomic E-state index is -0.528. The van der Waals surface area contributed by atoms with Crippen LogP contribution in [-0.4, -0.2) is 21.8 Å². The fraction of sp³-hybridized carbons (Fsp3) is 0.273. The van der Waals surface area contributed by atoms with Crippen molar-refractivity contribution in [3.63, 3.8) is 0 Å². The molecular formula is C22H27Cl2N5O2. The number of aromatic nitrogens is 2. The Bertz CT molecular complexity index is 1020. The van der Waals surface area contributed by atoms with Gasteiger partial charge in [-0.2, -0.15) is 0 Å². The Hall–Kier alpha value is -2.90. The second-order valence-electron chi connectivity index (χ2n) is 7.15. The highest BCUT2D eigenvalue weighted by Crippen LogP contribution is 2.20. The highest BCUT2D eigenvalue weighted by molar-refractivity contribution is 5.88. The zero-order valence-electron chi connectivity index (χ0n) is 17.2. The van der Waals surface area contributed by atoms with Gasteiger partial charge in [-0.05, 0) is 36.1 Å². The average Bonchev–Trinajstić information content (AvgIpc) is 2.72. The maximum atomic E-state index is 12.6. The summed E-state index contributed by atoms with van der Waals surface area (Å²) in [5.74, 6) is -1.29. The lowest BCUT2D eigenvalue weighted by atomic mass is 9.87. The second kappa shape index (κ2) is 12.1. The molecule has 2 atom stereocenters. The predicted octanol–water partition coefficient (Wildman–Crippen LogP) is 3.04. The van der Waals surface area contributed by atoms with Crippen LogP contribution in [-0.2, 0) is 22.6 Å². The molecule has 31 heavy (non-hydrogen) atoms. The fourth-order valence-electron chi connectivity index (χ4n) is 3.37. The highest BCUT2D eigenvalue weighted by Gasteiger charge is 2.28. The number of amides is 2. The molecule has 0 aliphatic heterocycles. The van der Waals surface area contributed by atoms with Crippen molar-refractivity contribution in [2.45, 2.75) is 26.3 Å². The summed E-state index contributed by atoms with van der Waals surface area (Å²) in [6, 6.07) is 15.4. The van der Waals surface area contributed by atoms with Crippen molar-refractivity contribution >= 4 is 53.3 Å². The monoisotopic (exact) mass is 463 g/mol. The Morgan fingerprint density at radius 2 is 1.74 bits per heavy atom. The number of anilines is 1. The predicted molar refractivity (Wildman–Crippen MR) is 127 cm³/mol. The molecule has 0 aliphatic carbocycles. The quantitative estimate of drug-likeness (QED) is 0.473. The van der Waals surface area contributed by atoms with Gasteiger partial charge in [0.05, 0.1) is 5.52 Å². The lowest BCUT2D eigenvalue weighted by Gasteiger charge is -2.20. The van der Waals surface area contributed by atoms with Gasteiger partial charge in [-0.15, -0.1) is 24.8 Å². The molecule has 0 bridgehead atoms. The Labute approximate surface area is 193 Å². The first kappa shape index (κ1) is 26.1. The topological polar surface area (TPSA) is 124 Å². The number of halogens is 2. The largest absolute Gasteiger partial charge is 0.383 e. The number of carbonyl (C=O) groups is 2. The maximum Gasteiger partial charge on any atom is 0.223 e. The molecule has 5 N–H and O–H groups in total. The van der Waals surface area contributed by atoms with Crippen LogP contribution in [0.3, 0.4) is 0 Å². The van der Waals surface area contributed by atoms with Gasteiger partial charge in [0.2, 0.25) is 11.8 Å². The van der Waals surface area contributed by atoms with E-state index in [1.807, 2.05) is 48.5 Å². The molecule has 2 amide bonds. The van der Waals surface area contributed by atoms with Gasteiger partial charge in [0.25, 0.3) is 0 Å². The van der Waals surface area contributed by atoms with Crippen molar-refractivity contribution in [2.24, 2.45) is 17.6 Å². The van der Waals surface area contributed by atoms with Gasteiger partial charge in [-0.1, -0.05) is 43.3 Å². The third-order valence-corrected chi connectivity index (χ3v) is 5.17. The molecular weight excluding hydrogens is 437 g/mol. The van der Waals surface area contributed by atoms with E-state index >= 15 is 0 Å². The highest BCUT2D eigenvalue weighted by atomic mass is 35.5. The summed E-state index contributed by atoms with van der Waals surface area (Å²) >= 11 is 0. The number of rotatable bonds is 8. The Morgan fingerprint density at radius 1 is 1.03 bits per heavy atom. The number of hydrogen-bond donors (Lipinski definition) is 3. The third kappa shape index (κ3) is 6.80. The fourth-order valence-corrected chi connectivity index (χ4v) is 3.37. The lowest BCUT2D eigenvalue weighted by molar-refractivity contribution is -0.133. The number of primary amides is 1. The second-order valence-corrected chi connectivity index (χ2v) is 7.15. The molecule has 7 nitrogen and oxygen atoms in total. The van der Waals surface area contributed by atoms with E-state index < -0.39 is 17.7 Å². The first-order chi connectivity index (χ1) is 14.0. The van der Waals surface area contributed by atoms with Crippen molar-refractivity contribution in [3.8, 4) is 0 Å². The number of aryl methyl sites for hydroxylation is 1. The summed E-state index contributed by atoms with van der Waals surface area (Å²) in [4.78, 5) is 32.7. The molecule has 0 saturated heterocycles. The van der Waals surface area contributed by atoms with Crippen LogP contribution in [0.5, 0.6) is 0 Å². The molecule has 0 saturated carbocycles. The van der Waals surface area contributed by atoms with Crippen LogP contribution in [0, 0.1) is 11.8 Å². The molecule has 3 rings (SSSR count). The molecule has 1 heterocycles. The number of nitrogens with one attached hydrogen (secondary N) is 1. The number of hydrogen-bond acceptors (Lipinski definition) is 5. The zero-order chi connectivity index (χ0) is 20.8. The summed E-state index contributed by atoms with van der Waals surface area (Å²) in [5.41, 5.74) is 14.1. The van der Waals surface area contributed by atoms with Crippen molar-refractivity contribution in [1.29, 1.82) is 0 Å². The van der Waals surface area contributed by atoms with Gasteiger partial charge in [0.1, 0.15) is 12.1 Å². The normalized spacial score (nSPS) is 12.2. The first-order valence-electron chi connectivity index (χ1n) is 9.55. The molecule has 0 aliphatic rings. The van der Waals surface area contributed by atoms with Crippen LogP contribution in [0.1, 0.15) is 24.5 Å². The minimum Gasteiger partial charge on any atom is -0.383 e. The van der Waals surface area contributed by atoms with Gasteiger partial charge >= 0.3 is 0 Å². The van der Waals surface area contributed by atoms with E-state index in [9.17, 15) is 9.59 Å². The minimum absolute atomic E-state index is 0. The summed E-state index contributed by atoms with van der Waals surface area (Å²) in [7, 11) is 0. The van der Waals surface area contributed by atoms with E-state index in [0.717, 1.165) is 22.0 Å². The van der Waals surface area contributed by atoms with E-state index in [1.54, 1.807) is 6.92 Å². The van der Waals surface area contributed by atoms with E-state index in [0.29, 0.717) is 25.2 Å². The third-order valence-electron chi connectivity index (χ3n) is 5.17. The Morgan fingerprint density at radius 3 is 2.42 bits per heavy atom. The van der Waals surface area contributed by atoms with Crippen LogP contribution in [0.15, 0.2) is 54.9 Å². The zero-order valence-corrected chi connectivity index (χ0v) is 18.8. The Kier molecular flexibility index (Phi) is 10.2. The van der Waals surface area contributed by atoms with Crippen LogP contribution in [0.2, 0.25) is 0 Å². The number of nitrogen functional groups attached to an aromatic ring is 1. The van der Waals surface area contributed by atoms with E-state index in [1.165, 1.54) is 6.33 Å². The summed E-state index contributed by atoms with van der Waals surface area (Å²) in [5, 5.41) is 3.66. The van der Waals surface area contributed by atoms with Crippen molar-refractivity contribution in [1.82, 2.24) is 15.3 Å². The van der Waals surface area contributed by atoms with Gasteiger partial charge in [-0.3, -0.25) is 9.59 Å². The Balaban J connectivity index is 0.00000240. The lowest BCUT2D eigenvalue weighted by Crippen LogP contribution is -2.39. The standard InChI is InChI=1S/C22H25N5O2.2ClH/c1-14(17(21(24)28)9-7-15-5-3-2-4-6-15)22(29)25-12-16-8-10-18-19(11-16)26-13-27-20(18)23;;/h2-6,8,10-11,13-14,17H,7,9,12H2,1H3,(H2,24,28)(H,25,29)(H2,23,26,27);2*1H/t14-,17?;;/m0../s1. The molecule has 1 aromatic heterocycles. The van der Waals surface area contributed by atoms with E-state index in [-0.39, 0.29) is 30.7 Å². The number of benzene rings is 2. The molecule has 2 aromatic carbocycles. The van der Waals surface area contributed by atoms with Crippen molar-refractivity contribution in [2.75, 3.05) is 5.73 Å². The molecule has 0 fully saturated rings. The van der Waals surface area contributed by atoms with Gasteiger partial charge in [0, 0.05) is 23.8 Å². The van der Waals surface area contributed by atoms with Crippen LogP contribution < -0.4 is 16.8 Å². The van der Waals surface area contributed by atoms with Crippen molar-refractivity contribution in [3.05, 3.63) is 66.0 Å². The average molecular weight is 464 g/mol. The van der Waals surface area contributed by atoms with E-state index in [4.69, 9.17) is 11.5 Å². The van der Waals surface area contributed by atoms with Crippen LogP contribution in [0.4, 0.5) is 5.82 Å². The van der Waals surface area contributed by atoms with Gasteiger partial charge in [-0.25, -0.2) is 9.97 Å².